The van der Waals surface area contributed by atoms with Crippen molar-refractivity contribution in [2.75, 3.05) is 37.0 Å². The monoisotopic (exact) mass is 301 g/mol. The van der Waals surface area contributed by atoms with Crippen LogP contribution in [0.3, 0.4) is 0 Å². The molecule has 118 valence electrons. The lowest BCUT2D eigenvalue weighted by atomic mass is 10.2. The van der Waals surface area contributed by atoms with E-state index in [0.29, 0.717) is 12.6 Å². The van der Waals surface area contributed by atoms with E-state index in [4.69, 9.17) is 4.74 Å². The van der Waals surface area contributed by atoms with Gasteiger partial charge in [-0.3, -0.25) is 0 Å². The summed E-state index contributed by atoms with van der Waals surface area (Å²) >= 11 is 0. The Morgan fingerprint density at radius 3 is 2.91 bits per heavy atom. The first kappa shape index (κ1) is 16.2. The molecule has 0 amide bonds. The Hall–Kier alpha value is -2.21. The Morgan fingerprint density at radius 2 is 2.18 bits per heavy atom. The molecule has 22 heavy (non-hydrogen) atoms. The summed E-state index contributed by atoms with van der Waals surface area (Å²) in [6.07, 6.45) is 2.59. The molecule has 0 fully saturated rings. The zero-order chi connectivity index (χ0) is 15.8. The molecule has 2 rings (SSSR count). The summed E-state index contributed by atoms with van der Waals surface area (Å²) in [7, 11) is 1.69. The van der Waals surface area contributed by atoms with Crippen molar-refractivity contribution < 1.29 is 4.74 Å². The van der Waals surface area contributed by atoms with E-state index >= 15 is 0 Å². The van der Waals surface area contributed by atoms with Crippen LogP contribution in [-0.4, -0.2) is 42.0 Å². The molecule has 0 aliphatic carbocycles. The zero-order valence-electron chi connectivity index (χ0n) is 13.4. The fourth-order valence-corrected chi connectivity index (χ4v) is 2.19. The molecule has 0 radical (unpaired) electrons. The molecule has 0 saturated heterocycles. The van der Waals surface area contributed by atoms with E-state index in [1.807, 2.05) is 6.07 Å². The van der Waals surface area contributed by atoms with Crippen molar-refractivity contribution >= 4 is 17.5 Å². The van der Waals surface area contributed by atoms with Gasteiger partial charge in [0.05, 0.1) is 6.20 Å². The minimum absolute atomic E-state index is 0.541. The molecular formula is C16H23N5O. The summed E-state index contributed by atoms with van der Waals surface area (Å²) in [6.45, 7) is 6.46. The Kier molecular flexibility index (Phi) is 6.09. The second kappa shape index (κ2) is 8.29. The van der Waals surface area contributed by atoms with Gasteiger partial charge in [0.1, 0.15) is 0 Å². The van der Waals surface area contributed by atoms with E-state index in [1.54, 1.807) is 13.3 Å². The maximum Gasteiger partial charge on any atom is 0.244 e. The number of benzene rings is 1. The van der Waals surface area contributed by atoms with Crippen LogP contribution >= 0.6 is 0 Å². The lowest BCUT2D eigenvalue weighted by Crippen LogP contribution is -2.19. The molecule has 0 aliphatic rings. The summed E-state index contributed by atoms with van der Waals surface area (Å²) in [5, 5.41) is 11.2. The number of ether oxygens (including phenoxy) is 1. The minimum Gasteiger partial charge on any atom is -0.385 e. The van der Waals surface area contributed by atoms with Crippen molar-refractivity contribution in [3.63, 3.8) is 0 Å². The van der Waals surface area contributed by atoms with Crippen molar-refractivity contribution in [3.8, 4) is 0 Å². The quantitative estimate of drug-likeness (QED) is 0.756. The average molecular weight is 301 g/mol. The van der Waals surface area contributed by atoms with Gasteiger partial charge in [0.25, 0.3) is 0 Å². The fourth-order valence-electron chi connectivity index (χ4n) is 2.19. The molecule has 0 atom stereocenters. The van der Waals surface area contributed by atoms with Crippen molar-refractivity contribution in [1.29, 1.82) is 0 Å². The number of aromatic nitrogens is 3. The third-order valence-corrected chi connectivity index (χ3v) is 3.26. The molecular weight excluding hydrogens is 278 g/mol. The number of nitrogens with zero attached hydrogens (tertiary/aromatic N) is 4. The third kappa shape index (κ3) is 4.39. The largest absolute Gasteiger partial charge is 0.385 e. The zero-order valence-corrected chi connectivity index (χ0v) is 13.4. The highest BCUT2D eigenvalue weighted by Crippen LogP contribution is 2.23. The summed E-state index contributed by atoms with van der Waals surface area (Å²) < 4.78 is 5.02. The highest BCUT2D eigenvalue weighted by atomic mass is 16.5. The van der Waals surface area contributed by atoms with E-state index in [9.17, 15) is 0 Å². The van der Waals surface area contributed by atoms with Crippen LogP contribution < -0.4 is 10.2 Å². The van der Waals surface area contributed by atoms with Crippen LogP contribution in [-0.2, 0) is 4.74 Å². The molecule has 0 saturated carbocycles. The van der Waals surface area contributed by atoms with Crippen LogP contribution in [0.15, 0.2) is 30.5 Å². The molecule has 0 aliphatic heterocycles. The fraction of sp³-hybridized carbons (Fsp3) is 0.438. The molecule has 1 aromatic heterocycles. The van der Waals surface area contributed by atoms with Gasteiger partial charge in [-0.25, -0.2) is 0 Å². The standard InChI is InChI=1S/C16H23N5O/c1-4-21(14-8-5-7-13(2)11-14)15-12-18-20-16(19-15)17-9-6-10-22-3/h5,7-8,11-12H,4,6,9-10H2,1-3H3,(H,17,19,20). The first-order chi connectivity index (χ1) is 10.7. The van der Waals surface area contributed by atoms with Gasteiger partial charge >= 0.3 is 0 Å². The Balaban J connectivity index is 2.12. The van der Waals surface area contributed by atoms with Crippen LogP contribution in [0.4, 0.5) is 17.5 Å². The third-order valence-electron chi connectivity index (χ3n) is 3.26. The van der Waals surface area contributed by atoms with E-state index in [2.05, 4.69) is 57.4 Å². The molecule has 1 aromatic carbocycles. The predicted octanol–water partition coefficient (Wildman–Crippen LogP) is 2.79. The van der Waals surface area contributed by atoms with Crippen molar-refractivity contribution in [3.05, 3.63) is 36.0 Å². The van der Waals surface area contributed by atoms with Crippen LogP contribution in [0, 0.1) is 6.92 Å². The lowest BCUT2D eigenvalue weighted by Gasteiger charge is -2.22. The Labute approximate surface area is 131 Å². The molecule has 0 bridgehead atoms. The molecule has 6 heteroatoms. The summed E-state index contributed by atoms with van der Waals surface area (Å²) in [6, 6.07) is 8.34. The SMILES string of the molecule is CCN(c1cccc(C)c1)c1cnnc(NCCCOC)n1. The minimum atomic E-state index is 0.541. The summed E-state index contributed by atoms with van der Waals surface area (Å²) in [5.41, 5.74) is 2.32. The smallest absolute Gasteiger partial charge is 0.244 e. The van der Waals surface area contributed by atoms with E-state index < -0.39 is 0 Å². The number of anilines is 3. The summed E-state index contributed by atoms with van der Waals surface area (Å²) in [4.78, 5) is 6.66. The van der Waals surface area contributed by atoms with Crippen molar-refractivity contribution in [1.82, 2.24) is 15.2 Å². The van der Waals surface area contributed by atoms with E-state index in [0.717, 1.165) is 31.0 Å². The van der Waals surface area contributed by atoms with Gasteiger partial charge in [-0.05, 0) is 38.0 Å². The van der Waals surface area contributed by atoms with Gasteiger partial charge in [0, 0.05) is 32.5 Å². The molecule has 2 aromatic rings. The highest BCUT2D eigenvalue weighted by molar-refractivity contribution is 5.60. The number of hydrogen-bond acceptors (Lipinski definition) is 6. The van der Waals surface area contributed by atoms with Gasteiger partial charge in [0.15, 0.2) is 5.82 Å². The van der Waals surface area contributed by atoms with Crippen molar-refractivity contribution in [2.45, 2.75) is 20.3 Å². The van der Waals surface area contributed by atoms with Crippen molar-refractivity contribution in [2.24, 2.45) is 0 Å². The van der Waals surface area contributed by atoms with Gasteiger partial charge < -0.3 is 15.0 Å². The normalized spacial score (nSPS) is 10.5. The van der Waals surface area contributed by atoms with Crippen LogP contribution in [0.5, 0.6) is 0 Å². The molecule has 0 unspecified atom stereocenters. The van der Waals surface area contributed by atoms with E-state index in [1.165, 1.54) is 5.56 Å². The van der Waals surface area contributed by atoms with Crippen LogP contribution in [0.2, 0.25) is 0 Å². The van der Waals surface area contributed by atoms with Gasteiger partial charge in [-0.2, -0.15) is 10.1 Å². The lowest BCUT2D eigenvalue weighted by molar-refractivity contribution is 0.197. The first-order valence-electron chi connectivity index (χ1n) is 7.51. The number of nitrogens with one attached hydrogen (secondary N) is 1. The molecule has 0 spiro atoms. The molecule has 6 nitrogen and oxygen atoms in total. The van der Waals surface area contributed by atoms with E-state index in [-0.39, 0.29) is 0 Å². The average Bonchev–Trinajstić information content (AvgIpc) is 2.53. The highest BCUT2D eigenvalue weighted by Gasteiger charge is 2.10. The van der Waals surface area contributed by atoms with Gasteiger partial charge in [-0.15, -0.1) is 5.10 Å². The van der Waals surface area contributed by atoms with Gasteiger partial charge in [-0.1, -0.05) is 12.1 Å². The number of methoxy groups -OCH3 is 1. The van der Waals surface area contributed by atoms with Crippen LogP contribution in [0.25, 0.3) is 0 Å². The second-order valence-electron chi connectivity index (χ2n) is 4.99. The molecule has 1 N–H and O–H groups in total. The van der Waals surface area contributed by atoms with Gasteiger partial charge in [0.2, 0.25) is 5.95 Å². The number of aryl methyl sites for hydroxylation is 1. The predicted molar refractivity (Wildman–Crippen MR) is 88.7 cm³/mol. The summed E-state index contributed by atoms with van der Waals surface area (Å²) in [5.74, 6) is 1.33. The Morgan fingerprint density at radius 1 is 1.32 bits per heavy atom. The maximum absolute atomic E-state index is 5.02. The second-order valence-corrected chi connectivity index (χ2v) is 4.99. The van der Waals surface area contributed by atoms with Crippen LogP contribution in [0.1, 0.15) is 18.9 Å². The molecule has 1 heterocycles. The number of rotatable bonds is 8. The maximum atomic E-state index is 5.02. The number of hydrogen-bond donors (Lipinski definition) is 1. The topological polar surface area (TPSA) is 63.2 Å². The first-order valence-corrected chi connectivity index (χ1v) is 7.51. The Bertz CT molecular complexity index is 590.